The Bertz CT molecular complexity index is 480. The minimum absolute atomic E-state index is 0.296. The van der Waals surface area contributed by atoms with Crippen molar-refractivity contribution >= 4 is 11.6 Å². The van der Waals surface area contributed by atoms with Gasteiger partial charge in [-0.1, -0.05) is 37.6 Å². The molecule has 1 heterocycles. The van der Waals surface area contributed by atoms with Gasteiger partial charge in [-0.15, -0.1) is 0 Å². The van der Waals surface area contributed by atoms with Gasteiger partial charge in [-0.25, -0.2) is 0 Å². The minimum Gasteiger partial charge on any atom is -0.308 e. The van der Waals surface area contributed by atoms with E-state index in [1.54, 1.807) is 0 Å². The lowest BCUT2D eigenvalue weighted by Crippen LogP contribution is -2.64. The van der Waals surface area contributed by atoms with Crippen molar-refractivity contribution in [2.24, 2.45) is 5.92 Å². The maximum Gasteiger partial charge on any atom is 0.0409 e. The third kappa shape index (κ3) is 3.44. The number of nitrogens with zero attached hydrogens (tertiary/aromatic N) is 1. The molecule has 116 valence electrons. The van der Waals surface area contributed by atoms with Crippen molar-refractivity contribution in [3.8, 4) is 0 Å². The molecule has 1 aliphatic heterocycles. The maximum absolute atomic E-state index is 6.15. The normalized spacial score (nSPS) is 26.0. The van der Waals surface area contributed by atoms with Gasteiger partial charge in [0.2, 0.25) is 0 Å². The van der Waals surface area contributed by atoms with Gasteiger partial charge in [0.15, 0.2) is 0 Å². The lowest BCUT2D eigenvalue weighted by Gasteiger charge is -2.48. The summed E-state index contributed by atoms with van der Waals surface area (Å²) in [6, 6.07) is 9.06. The van der Waals surface area contributed by atoms with E-state index in [0.29, 0.717) is 11.6 Å². The average molecular weight is 307 g/mol. The molecule has 1 unspecified atom stereocenters. The molecule has 1 aliphatic carbocycles. The van der Waals surface area contributed by atoms with Crippen LogP contribution in [0.3, 0.4) is 0 Å². The number of nitrogens with one attached hydrogen (secondary N) is 1. The quantitative estimate of drug-likeness (QED) is 0.881. The van der Waals surface area contributed by atoms with Crippen molar-refractivity contribution in [2.45, 2.75) is 57.7 Å². The van der Waals surface area contributed by atoms with Gasteiger partial charge in [0.1, 0.15) is 0 Å². The Hall–Kier alpha value is -0.570. The summed E-state index contributed by atoms with van der Waals surface area (Å²) in [7, 11) is 0. The summed E-state index contributed by atoms with van der Waals surface area (Å²) in [6.07, 6.45) is 5.22. The van der Waals surface area contributed by atoms with E-state index in [4.69, 9.17) is 11.6 Å². The summed E-state index contributed by atoms with van der Waals surface area (Å²) in [5, 5.41) is 4.71. The van der Waals surface area contributed by atoms with E-state index >= 15 is 0 Å². The lowest BCUT2D eigenvalue weighted by molar-refractivity contribution is 0.0557. The SMILES string of the molecule is CCC1(CC)CN(Cc2cccc(Cl)c2)C(C2CC2)CN1. The van der Waals surface area contributed by atoms with E-state index in [1.165, 1.54) is 31.2 Å². The highest BCUT2D eigenvalue weighted by molar-refractivity contribution is 6.30. The van der Waals surface area contributed by atoms with Crippen LogP contribution in [-0.2, 0) is 6.54 Å². The molecule has 1 saturated carbocycles. The lowest BCUT2D eigenvalue weighted by atomic mass is 9.87. The summed E-state index contributed by atoms with van der Waals surface area (Å²) >= 11 is 6.15. The zero-order valence-electron chi connectivity index (χ0n) is 13.2. The van der Waals surface area contributed by atoms with Crippen molar-refractivity contribution in [3.63, 3.8) is 0 Å². The van der Waals surface area contributed by atoms with Crippen LogP contribution in [0.5, 0.6) is 0 Å². The average Bonchev–Trinajstić information content (AvgIpc) is 3.32. The second-order valence-corrected chi connectivity index (χ2v) is 7.24. The molecular weight excluding hydrogens is 280 g/mol. The standard InChI is InChI=1S/C18H27ClN2/c1-3-18(4-2)13-21(17(11-20-18)15-8-9-15)12-14-6-5-7-16(19)10-14/h5-7,10,15,17,20H,3-4,8-9,11-13H2,1-2H3. The Kier molecular flexibility index (Phi) is 4.58. The molecule has 0 bridgehead atoms. The van der Waals surface area contributed by atoms with Crippen LogP contribution in [0.2, 0.25) is 5.02 Å². The van der Waals surface area contributed by atoms with Crippen LogP contribution in [-0.4, -0.2) is 29.6 Å². The largest absolute Gasteiger partial charge is 0.308 e. The van der Waals surface area contributed by atoms with Crippen LogP contribution >= 0.6 is 11.6 Å². The Morgan fingerprint density at radius 2 is 2.05 bits per heavy atom. The van der Waals surface area contributed by atoms with Crippen LogP contribution in [0.15, 0.2) is 24.3 Å². The van der Waals surface area contributed by atoms with Crippen molar-refractivity contribution in [1.82, 2.24) is 10.2 Å². The van der Waals surface area contributed by atoms with Gasteiger partial charge < -0.3 is 5.32 Å². The van der Waals surface area contributed by atoms with Gasteiger partial charge in [0.05, 0.1) is 0 Å². The van der Waals surface area contributed by atoms with Gasteiger partial charge in [0, 0.05) is 36.2 Å². The van der Waals surface area contributed by atoms with Gasteiger partial charge in [-0.05, 0) is 49.3 Å². The molecular formula is C18H27ClN2. The zero-order chi connectivity index (χ0) is 14.9. The molecule has 2 fully saturated rings. The van der Waals surface area contributed by atoms with Crippen LogP contribution < -0.4 is 5.32 Å². The molecule has 0 spiro atoms. The third-order valence-electron chi connectivity index (χ3n) is 5.46. The highest BCUT2D eigenvalue weighted by Crippen LogP contribution is 2.38. The first-order valence-electron chi connectivity index (χ1n) is 8.39. The van der Waals surface area contributed by atoms with E-state index in [0.717, 1.165) is 30.6 Å². The van der Waals surface area contributed by atoms with E-state index in [-0.39, 0.29) is 0 Å². The molecule has 0 amide bonds. The summed E-state index contributed by atoms with van der Waals surface area (Å²) in [6.45, 7) is 7.96. The number of halogens is 1. The Balaban J connectivity index is 1.77. The van der Waals surface area contributed by atoms with E-state index in [2.05, 4.69) is 42.3 Å². The van der Waals surface area contributed by atoms with E-state index in [1.807, 2.05) is 6.07 Å². The first-order valence-corrected chi connectivity index (χ1v) is 8.77. The maximum atomic E-state index is 6.15. The van der Waals surface area contributed by atoms with Gasteiger partial charge in [0.25, 0.3) is 0 Å². The predicted molar refractivity (Wildman–Crippen MR) is 89.7 cm³/mol. The predicted octanol–water partition coefficient (Wildman–Crippen LogP) is 4.08. The smallest absolute Gasteiger partial charge is 0.0409 e. The van der Waals surface area contributed by atoms with Crippen molar-refractivity contribution in [3.05, 3.63) is 34.9 Å². The number of rotatable bonds is 5. The molecule has 3 rings (SSSR count). The first-order chi connectivity index (χ1) is 10.2. The van der Waals surface area contributed by atoms with Gasteiger partial charge in [-0.3, -0.25) is 4.90 Å². The molecule has 1 aromatic rings. The third-order valence-corrected chi connectivity index (χ3v) is 5.69. The first kappa shape index (κ1) is 15.3. The Morgan fingerprint density at radius 1 is 1.29 bits per heavy atom. The number of hydrogen-bond acceptors (Lipinski definition) is 2. The molecule has 0 aromatic heterocycles. The second-order valence-electron chi connectivity index (χ2n) is 6.81. The van der Waals surface area contributed by atoms with Crippen LogP contribution in [0.25, 0.3) is 0 Å². The fourth-order valence-corrected chi connectivity index (χ4v) is 3.94. The van der Waals surface area contributed by atoms with E-state index in [9.17, 15) is 0 Å². The highest BCUT2D eigenvalue weighted by atomic mass is 35.5. The van der Waals surface area contributed by atoms with Crippen LogP contribution in [0.4, 0.5) is 0 Å². The molecule has 0 radical (unpaired) electrons. The summed E-state index contributed by atoms with van der Waals surface area (Å²) < 4.78 is 0. The fraction of sp³-hybridized carbons (Fsp3) is 0.667. The number of benzene rings is 1. The van der Waals surface area contributed by atoms with Crippen LogP contribution in [0, 0.1) is 5.92 Å². The monoisotopic (exact) mass is 306 g/mol. The van der Waals surface area contributed by atoms with Crippen molar-refractivity contribution < 1.29 is 0 Å². The molecule has 2 aliphatic rings. The number of piperazine rings is 1. The molecule has 1 saturated heterocycles. The molecule has 1 N–H and O–H groups in total. The zero-order valence-corrected chi connectivity index (χ0v) is 14.0. The molecule has 21 heavy (non-hydrogen) atoms. The topological polar surface area (TPSA) is 15.3 Å². The summed E-state index contributed by atoms with van der Waals surface area (Å²) in [4.78, 5) is 2.72. The summed E-state index contributed by atoms with van der Waals surface area (Å²) in [5.74, 6) is 0.906. The second kappa shape index (κ2) is 6.28. The molecule has 1 aromatic carbocycles. The molecule has 2 nitrogen and oxygen atoms in total. The van der Waals surface area contributed by atoms with Gasteiger partial charge >= 0.3 is 0 Å². The Morgan fingerprint density at radius 3 is 2.67 bits per heavy atom. The van der Waals surface area contributed by atoms with Crippen molar-refractivity contribution in [2.75, 3.05) is 13.1 Å². The van der Waals surface area contributed by atoms with Crippen molar-refractivity contribution in [1.29, 1.82) is 0 Å². The van der Waals surface area contributed by atoms with E-state index < -0.39 is 0 Å². The van der Waals surface area contributed by atoms with Gasteiger partial charge in [-0.2, -0.15) is 0 Å². The summed E-state index contributed by atoms with van der Waals surface area (Å²) in [5.41, 5.74) is 1.64. The number of hydrogen-bond donors (Lipinski definition) is 1. The molecule has 1 atom stereocenters. The Labute approximate surface area is 133 Å². The molecule has 3 heteroatoms. The fourth-order valence-electron chi connectivity index (χ4n) is 3.72. The highest BCUT2D eigenvalue weighted by Gasteiger charge is 2.42. The minimum atomic E-state index is 0.296. The van der Waals surface area contributed by atoms with Crippen LogP contribution in [0.1, 0.15) is 45.1 Å².